The minimum absolute atomic E-state index is 0.729. The first kappa shape index (κ1) is 13.5. The van der Waals surface area contributed by atoms with E-state index in [0.29, 0.717) is 0 Å². The maximum Gasteiger partial charge on any atom is 0.117 e. The molecule has 2 aromatic rings. The molecule has 1 aromatic heterocycles. The van der Waals surface area contributed by atoms with Gasteiger partial charge in [0.1, 0.15) is 5.76 Å². The van der Waals surface area contributed by atoms with E-state index in [4.69, 9.17) is 16.0 Å². The van der Waals surface area contributed by atoms with Gasteiger partial charge in [0, 0.05) is 29.8 Å². The molecule has 1 saturated carbocycles. The number of anilines is 1. The summed E-state index contributed by atoms with van der Waals surface area (Å²) < 4.78 is 5.44. The van der Waals surface area contributed by atoms with Crippen molar-refractivity contribution in [2.75, 3.05) is 18.4 Å². The van der Waals surface area contributed by atoms with Crippen LogP contribution >= 0.6 is 11.6 Å². The van der Waals surface area contributed by atoms with Crippen molar-refractivity contribution in [3.05, 3.63) is 53.4 Å². The lowest BCUT2D eigenvalue weighted by molar-refractivity contribution is 0.242. The van der Waals surface area contributed by atoms with Crippen LogP contribution in [-0.4, -0.2) is 24.0 Å². The van der Waals surface area contributed by atoms with E-state index >= 15 is 0 Å². The molecule has 1 N–H and O–H groups in total. The highest BCUT2D eigenvalue weighted by molar-refractivity contribution is 6.30. The number of hydrogen-bond donors (Lipinski definition) is 1. The average molecular weight is 291 g/mol. The third kappa shape index (κ3) is 3.78. The van der Waals surface area contributed by atoms with Crippen LogP contribution < -0.4 is 5.32 Å². The predicted molar refractivity (Wildman–Crippen MR) is 82.1 cm³/mol. The van der Waals surface area contributed by atoms with Gasteiger partial charge in [-0.2, -0.15) is 0 Å². The number of halogens is 1. The Kier molecular flexibility index (Phi) is 4.28. The van der Waals surface area contributed by atoms with Crippen molar-refractivity contribution in [2.45, 2.75) is 25.4 Å². The van der Waals surface area contributed by atoms with Crippen molar-refractivity contribution >= 4 is 17.3 Å². The molecule has 0 amide bonds. The number of nitrogens with zero attached hydrogens (tertiary/aromatic N) is 1. The molecule has 1 fully saturated rings. The summed E-state index contributed by atoms with van der Waals surface area (Å²) in [7, 11) is 0. The Morgan fingerprint density at radius 2 is 2.00 bits per heavy atom. The van der Waals surface area contributed by atoms with Gasteiger partial charge in [0.05, 0.1) is 12.8 Å². The molecule has 1 aromatic carbocycles. The van der Waals surface area contributed by atoms with Gasteiger partial charge in [-0.3, -0.25) is 4.90 Å². The fourth-order valence-electron chi connectivity index (χ4n) is 2.34. The van der Waals surface area contributed by atoms with Crippen LogP contribution in [0.2, 0.25) is 5.02 Å². The minimum Gasteiger partial charge on any atom is -0.468 e. The molecule has 0 saturated heterocycles. The van der Waals surface area contributed by atoms with Crippen LogP contribution in [0.3, 0.4) is 0 Å². The lowest BCUT2D eigenvalue weighted by Gasteiger charge is -2.21. The Labute approximate surface area is 124 Å². The molecule has 1 aliphatic rings. The van der Waals surface area contributed by atoms with Gasteiger partial charge >= 0.3 is 0 Å². The second kappa shape index (κ2) is 6.33. The summed E-state index contributed by atoms with van der Waals surface area (Å²) in [6.07, 6.45) is 4.36. The van der Waals surface area contributed by atoms with Gasteiger partial charge in [-0.15, -0.1) is 0 Å². The molecule has 0 atom stereocenters. The summed E-state index contributed by atoms with van der Waals surface area (Å²) in [5.41, 5.74) is 1.11. The van der Waals surface area contributed by atoms with Gasteiger partial charge in [-0.05, 0) is 49.2 Å². The van der Waals surface area contributed by atoms with E-state index in [0.717, 1.165) is 42.1 Å². The monoisotopic (exact) mass is 290 g/mol. The molecule has 1 heterocycles. The second-order valence-electron chi connectivity index (χ2n) is 5.21. The third-order valence-corrected chi connectivity index (χ3v) is 3.83. The number of nitrogens with one attached hydrogen (secondary N) is 1. The van der Waals surface area contributed by atoms with Crippen molar-refractivity contribution in [1.82, 2.24) is 4.90 Å². The molecule has 1 aliphatic carbocycles. The fraction of sp³-hybridized carbons (Fsp3) is 0.375. The first-order valence-corrected chi connectivity index (χ1v) is 7.45. The molecule has 0 spiro atoms. The van der Waals surface area contributed by atoms with Crippen LogP contribution in [0.25, 0.3) is 0 Å². The maximum absolute atomic E-state index is 5.88. The molecule has 4 heteroatoms. The number of rotatable bonds is 7. The van der Waals surface area contributed by atoms with Crippen molar-refractivity contribution in [3.63, 3.8) is 0 Å². The third-order valence-electron chi connectivity index (χ3n) is 3.57. The van der Waals surface area contributed by atoms with Crippen LogP contribution in [0.15, 0.2) is 47.1 Å². The van der Waals surface area contributed by atoms with Crippen LogP contribution in [0.5, 0.6) is 0 Å². The van der Waals surface area contributed by atoms with E-state index in [1.54, 1.807) is 6.26 Å². The largest absolute Gasteiger partial charge is 0.468 e. The summed E-state index contributed by atoms with van der Waals surface area (Å²) in [6.45, 7) is 2.85. The zero-order valence-corrected chi connectivity index (χ0v) is 12.1. The lowest BCUT2D eigenvalue weighted by Crippen LogP contribution is -2.30. The fourth-order valence-corrected chi connectivity index (χ4v) is 2.47. The predicted octanol–water partition coefficient (Wildman–Crippen LogP) is 4.01. The molecular formula is C16H19ClN2O. The first-order chi connectivity index (χ1) is 9.81. The van der Waals surface area contributed by atoms with E-state index in [1.165, 1.54) is 12.8 Å². The first-order valence-electron chi connectivity index (χ1n) is 7.07. The molecule has 106 valence electrons. The van der Waals surface area contributed by atoms with Gasteiger partial charge in [0.25, 0.3) is 0 Å². The molecule has 20 heavy (non-hydrogen) atoms. The van der Waals surface area contributed by atoms with E-state index in [2.05, 4.69) is 10.2 Å². The van der Waals surface area contributed by atoms with Gasteiger partial charge in [0.2, 0.25) is 0 Å². The van der Waals surface area contributed by atoms with Crippen LogP contribution in [0.1, 0.15) is 18.6 Å². The second-order valence-corrected chi connectivity index (χ2v) is 5.65. The van der Waals surface area contributed by atoms with Crippen molar-refractivity contribution in [3.8, 4) is 0 Å². The average Bonchev–Trinajstić information content (AvgIpc) is 3.18. The smallest absolute Gasteiger partial charge is 0.117 e. The van der Waals surface area contributed by atoms with E-state index < -0.39 is 0 Å². The number of benzene rings is 1. The molecule has 0 bridgehead atoms. The summed E-state index contributed by atoms with van der Waals surface area (Å²) in [5.74, 6) is 1.04. The Bertz CT molecular complexity index is 520. The molecule has 3 rings (SSSR count). The highest BCUT2D eigenvalue weighted by Gasteiger charge is 2.28. The molecule has 0 aliphatic heterocycles. The van der Waals surface area contributed by atoms with Crippen LogP contribution in [0.4, 0.5) is 5.69 Å². The zero-order chi connectivity index (χ0) is 13.8. The number of furan rings is 1. The molecule has 3 nitrogen and oxygen atoms in total. The Morgan fingerprint density at radius 1 is 1.20 bits per heavy atom. The van der Waals surface area contributed by atoms with Crippen LogP contribution in [0, 0.1) is 0 Å². The molecule has 0 radical (unpaired) electrons. The highest BCUT2D eigenvalue weighted by Crippen LogP contribution is 2.28. The van der Waals surface area contributed by atoms with Gasteiger partial charge in [-0.25, -0.2) is 0 Å². The van der Waals surface area contributed by atoms with Gasteiger partial charge in [0.15, 0.2) is 0 Å². The summed E-state index contributed by atoms with van der Waals surface area (Å²) >= 11 is 5.88. The van der Waals surface area contributed by atoms with Gasteiger partial charge in [-0.1, -0.05) is 11.6 Å². The summed E-state index contributed by atoms with van der Waals surface area (Å²) in [6, 6.07) is 12.6. The summed E-state index contributed by atoms with van der Waals surface area (Å²) in [5, 5.41) is 4.20. The maximum atomic E-state index is 5.88. The molecular weight excluding hydrogens is 272 g/mol. The quantitative estimate of drug-likeness (QED) is 0.835. The minimum atomic E-state index is 0.729. The Hall–Kier alpha value is -1.45. The van der Waals surface area contributed by atoms with E-state index in [9.17, 15) is 0 Å². The lowest BCUT2D eigenvalue weighted by atomic mass is 10.3. The Morgan fingerprint density at radius 3 is 2.65 bits per heavy atom. The normalized spacial score (nSPS) is 14.7. The van der Waals surface area contributed by atoms with E-state index in [1.807, 2.05) is 36.4 Å². The topological polar surface area (TPSA) is 28.4 Å². The molecule has 0 unspecified atom stereocenters. The van der Waals surface area contributed by atoms with Crippen molar-refractivity contribution in [1.29, 1.82) is 0 Å². The summed E-state index contributed by atoms with van der Waals surface area (Å²) in [4.78, 5) is 2.49. The Balaban J connectivity index is 1.48. The van der Waals surface area contributed by atoms with Crippen molar-refractivity contribution in [2.24, 2.45) is 0 Å². The van der Waals surface area contributed by atoms with Crippen molar-refractivity contribution < 1.29 is 4.42 Å². The van der Waals surface area contributed by atoms with E-state index in [-0.39, 0.29) is 0 Å². The highest BCUT2D eigenvalue weighted by atomic mass is 35.5. The zero-order valence-electron chi connectivity index (χ0n) is 11.4. The number of hydrogen-bond acceptors (Lipinski definition) is 3. The SMILES string of the molecule is Clc1ccc(NCCN(Cc2ccco2)C2CC2)cc1. The standard InChI is InChI=1S/C16H19ClN2O/c17-13-3-5-14(6-4-13)18-9-10-19(15-7-8-15)12-16-2-1-11-20-16/h1-6,11,15,18H,7-10,12H2. The van der Waals surface area contributed by atoms with Gasteiger partial charge < -0.3 is 9.73 Å². The van der Waals surface area contributed by atoms with Crippen LogP contribution in [-0.2, 0) is 6.54 Å².